The highest BCUT2D eigenvalue weighted by molar-refractivity contribution is 7.72. The molecule has 0 radical (unpaired) electrons. The lowest BCUT2D eigenvalue weighted by atomic mass is 9.95. The van der Waals surface area contributed by atoms with E-state index < -0.39 is 10.7 Å². The molecule has 0 aromatic carbocycles. The van der Waals surface area contributed by atoms with E-state index in [1.165, 1.54) is 31.7 Å². The lowest BCUT2D eigenvalue weighted by molar-refractivity contribution is 0.461. The third-order valence-corrected chi connectivity index (χ3v) is 4.34. The number of thiol groups is 1. The van der Waals surface area contributed by atoms with E-state index in [9.17, 15) is 8.42 Å². The maximum absolute atomic E-state index is 11.3. The highest BCUT2D eigenvalue weighted by atomic mass is 32.2. The van der Waals surface area contributed by atoms with Crippen LogP contribution in [0.15, 0.2) is 27.8 Å². The molecule has 0 atom stereocenters. The molecule has 1 N–H and O–H groups in total. The average molecular weight is 280 g/mol. The minimum atomic E-state index is -2.68. The van der Waals surface area contributed by atoms with Crippen LogP contribution in [-0.4, -0.2) is 19.4 Å². The molecule has 5 nitrogen and oxygen atoms in total. The summed E-state index contributed by atoms with van der Waals surface area (Å²) in [6.07, 6.45) is 8.69. The van der Waals surface area contributed by atoms with Crippen LogP contribution in [0.1, 0.15) is 32.1 Å². The van der Waals surface area contributed by atoms with Gasteiger partial charge in [0.2, 0.25) is 0 Å². The van der Waals surface area contributed by atoms with Crippen molar-refractivity contribution in [2.45, 2.75) is 43.0 Å². The predicted molar refractivity (Wildman–Crippen MR) is 73.1 cm³/mol. The molecule has 2 heterocycles. The fraction of sp³-hybridized carbons (Fsp3) is 0.462. The molecule has 19 heavy (non-hydrogen) atoms. The zero-order valence-electron chi connectivity index (χ0n) is 10.5. The monoisotopic (exact) mass is 280 g/mol. The van der Waals surface area contributed by atoms with Crippen molar-refractivity contribution in [3.63, 3.8) is 0 Å². The Morgan fingerprint density at radius 1 is 1.26 bits per heavy atom. The van der Waals surface area contributed by atoms with Gasteiger partial charge in [-0.1, -0.05) is 19.3 Å². The molecule has 0 spiro atoms. The summed E-state index contributed by atoms with van der Waals surface area (Å²) in [7, 11) is -2.68. The summed E-state index contributed by atoms with van der Waals surface area (Å²) in [5, 5.41) is 3.34. The normalized spacial score (nSPS) is 17.1. The zero-order valence-corrected chi connectivity index (χ0v) is 11.4. The number of hydrogen-bond acceptors (Lipinski definition) is 5. The number of anilines is 1. The number of nitrogens with zero attached hydrogens (tertiary/aromatic N) is 1. The molecule has 2 aromatic rings. The van der Waals surface area contributed by atoms with E-state index >= 15 is 0 Å². The summed E-state index contributed by atoms with van der Waals surface area (Å²) in [6.45, 7) is 0. The van der Waals surface area contributed by atoms with Gasteiger partial charge in [0, 0.05) is 18.3 Å². The van der Waals surface area contributed by atoms with Gasteiger partial charge in [-0.3, -0.25) is 4.98 Å². The molecular weight excluding hydrogens is 264 g/mol. The minimum absolute atomic E-state index is 0.211. The van der Waals surface area contributed by atoms with E-state index in [0.717, 1.165) is 12.8 Å². The van der Waals surface area contributed by atoms with E-state index in [4.69, 9.17) is 4.42 Å². The first-order valence-electron chi connectivity index (χ1n) is 6.53. The first kappa shape index (κ1) is 12.5. The van der Waals surface area contributed by atoms with E-state index in [0.29, 0.717) is 22.8 Å². The molecule has 1 aliphatic carbocycles. The lowest BCUT2D eigenvalue weighted by Crippen LogP contribution is -2.23. The predicted octanol–water partition coefficient (Wildman–Crippen LogP) is 2.54. The fourth-order valence-electron chi connectivity index (χ4n) is 2.63. The number of fused-ring (bicyclic) bond motifs is 1. The van der Waals surface area contributed by atoms with E-state index in [-0.39, 0.29) is 4.90 Å². The molecule has 0 bridgehead atoms. The van der Waals surface area contributed by atoms with Crippen LogP contribution in [0, 0.1) is 0 Å². The quantitative estimate of drug-likeness (QED) is 0.845. The molecule has 6 heteroatoms. The number of pyridine rings is 1. The summed E-state index contributed by atoms with van der Waals surface area (Å²) < 4.78 is 28.1. The van der Waals surface area contributed by atoms with Crippen LogP contribution < -0.4 is 5.32 Å². The van der Waals surface area contributed by atoms with Gasteiger partial charge >= 0.3 is 0 Å². The molecule has 3 rings (SSSR count). The molecule has 0 saturated heterocycles. The molecule has 0 amide bonds. The van der Waals surface area contributed by atoms with Crippen molar-refractivity contribution in [2.24, 2.45) is 0 Å². The van der Waals surface area contributed by atoms with Crippen LogP contribution in [-0.2, 0) is 10.7 Å². The van der Waals surface area contributed by atoms with Gasteiger partial charge in [-0.05, 0) is 12.8 Å². The van der Waals surface area contributed by atoms with Crippen LogP contribution in [0.25, 0.3) is 11.1 Å². The molecule has 0 aliphatic heterocycles. The average Bonchev–Trinajstić information content (AvgIpc) is 2.88. The Bertz CT molecular complexity index is 649. The fourth-order valence-corrected chi connectivity index (χ4v) is 3.13. The number of hydrogen-bond donors (Lipinski definition) is 2. The molecule has 2 aromatic heterocycles. The molecule has 1 saturated carbocycles. The third-order valence-electron chi connectivity index (χ3n) is 3.60. The van der Waals surface area contributed by atoms with E-state index in [1.54, 1.807) is 6.07 Å². The van der Waals surface area contributed by atoms with Gasteiger partial charge in [0.25, 0.3) is 0 Å². The standard InChI is InChI=1S/C13H16N2O3S/c16-19(17)11-8-14-10-6-7-18-13(10)12(11)15-9-4-2-1-3-5-9/h6-9,19H,1-5H2,(H,14,15). The first-order chi connectivity index (χ1) is 9.25. The summed E-state index contributed by atoms with van der Waals surface area (Å²) in [5.41, 5.74) is 1.78. The van der Waals surface area contributed by atoms with Crippen molar-refractivity contribution in [3.05, 3.63) is 18.5 Å². The van der Waals surface area contributed by atoms with Gasteiger partial charge in [0.15, 0.2) is 16.3 Å². The van der Waals surface area contributed by atoms with E-state index in [1.807, 2.05) is 0 Å². The Kier molecular flexibility index (Phi) is 3.42. The Morgan fingerprint density at radius 3 is 2.79 bits per heavy atom. The molecular formula is C13H16N2O3S. The number of nitrogens with one attached hydrogen (secondary N) is 1. The molecule has 1 aliphatic rings. The van der Waals surface area contributed by atoms with Gasteiger partial charge in [0.1, 0.15) is 16.1 Å². The first-order valence-corrected chi connectivity index (χ1v) is 7.70. The third kappa shape index (κ3) is 2.45. The Balaban J connectivity index is 2.02. The highest BCUT2D eigenvalue weighted by Crippen LogP contribution is 2.30. The largest absolute Gasteiger partial charge is 0.460 e. The van der Waals surface area contributed by atoms with Crippen LogP contribution >= 0.6 is 0 Å². The van der Waals surface area contributed by atoms with Gasteiger partial charge < -0.3 is 9.73 Å². The van der Waals surface area contributed by atoms with Gasteiger partial charge in [-0.15, -0.1) is 0 Å². The lowest BCUT2D eigenvalue weighted by Gasteiger charge is -2.24. The van der Waals surface area contributed by atoms with Crippen LogP contribution in [0.4, 0.5) is 5.69 Å². The highest BCUT2D eigenvalue weighted by Gasteiger charge is 2.19. The second-order valence-electron chi connectivity index (χ2n) is 4.89. The summed E-state index contributed by atoms with van der Waals surface area (Å²) >= 11 is 0. The zero-order chi connectivity index (χ0) is 13.2. The van der Waals surface area contributed by atoms with Gasteiger partial charge in [-0.2, -0.15) is 0 Å². The Labute approximate surface area is 113 Å². The van der Waals surface area contributed by atoms with Crippen molar-refractivity contribution >= 4 is 27.5 Å². The van der Waals surface area contributed by atoms with Crippen molar-refractivity contribution in [1.82, 2.24) is 4.98 Å². The van der Waals surface area contributed by atoms with Gasteiger partial charge in [0.05, 0.1) is 6.26 Å². The molecule has 1 fully saturated rings. The van der Waals surface area contributed by atoms with Crippen LogP contribution in [0.3, 0.4) is 0 Å². The summed E-state index contributed by atoms with van der Waals surface area (Å²) in [5.74, 6) is 0. The number of furan rings is 1. The summed E-state index contributed by atoms with van der Waals surface area (Å²) in [4.78, 5) is 4.31. The van der Waals surface area contributed by atoms with Crippen molar-refractivity contribution in [2.75, 3.05) is 5.32 Å². The van der Waals surface area contributed by atoms with Crippen molar-refractivity contribution in [1.29, 1.82) is 0 Å². The van der Waals surface area contributed by atoms with Gasteiger partial charge in [-0.25, -0.2) is 8.42 Å². The number of aromatic nitrogens is 1. The minimum Gasteiger partial charge on any atom is -0.460 e. The van der Waals surface area contributed by atoms with E-state index in [2.05, 4.69) is 10.3 Å². The maximum Gasteiger partial charge on any atom is 0.176 e. The smallest absolute Gasteiger partial charge is 0.176 e. The molecule has 0 unspecified atom stereocenters. The van der Waals surface area contributed by atoms with Crippen LogP contribution in [0.5, 0.6) is 0 Å². The summed E-state index contributed by atoms with van der Waals surface area (Å²) in [6, 6.07) is 2.06. The number of rotatable bonds is 3. The molecule has 102 valence electrons. The SMILES string of the molecule is O=[SH](=O)c1cnc2ccoc2c1NC1CCCCC1. The topological polar surface area (TPSA) is 72.2 Å². The second kappa shape index (κ2) is 5.21. The van der Waals surface area contributed by atoms with Crippen LogP contribution in [0.2, 0.25) is 0 Å². The van der Waals surface area contributed by atoms with Crippen molar-refractivity contribution < 1.29 is 12.8 Å². The Morgan fingerprint density at radius 2 is 2.05 bits per heavy atom. The van der Waals surface area contributed by atoms with Crippen molar-refractivity contribution in [3.8, 4) is 0 Å². The maximum atomic E-state index is 11.3. The second-order valence-corrected chi connectivity index (χ2v) is 5.89. The Hall–Kier alpha value is -1.56.